The Morgan fingerprint density at radius 1 is 1.14 bits per heavy atom. The molecule has 0 N–H and O–H groups in total. The number of rotatable bonds is 3. The standard InChI is InChI=1S/C13H20O/c14-13(10-12-7-4-8-12)9-11-5-2-1-3-6-11/h9,12H,1-8,10H2. The van der Waals surface area contributed by atoms with Crippen molar-refractivity contribution < 1.29 is 4.79 Å². The van der Waals surface area contributed by atoms with E-state index in [-0.39, 0.29) is 0 Å². The predicted molar refractivity (Wildman–Crippen MR) is 58.1 cm³/mol. The molecule has 0 spiro atoms. The van der Waals surface area contributed by atoms with E-state index in [0.717, 1.165) is 12.3 Å². The monoisotopic (exact) mass is 192 g/mol. The van der Waals surface area contributed by atoms with Crippen LogP contribution in [0.2, 0.25) is 0 Å². The molecule has 0 aromatic carbocycles. The lowest BCUT2D eigenvalue weighted by molar-refractivity contribution is -0.116. The number of hydrogen-bond acceptors (Lipinski definition) is 1. The van der Waals surface area contributed by atoms with Gasteiger partial charge in [0.05, 0.1) is 0 Å². The van der Waals surface area contributed by atoms with Crippen molar-refractivity contribution >= 4 is 5.78 Å². The van der Waals surface area contributed by atoms with Crippen LogP contribution in [0.15, 0.2) is 11.6 Å². The topological polar surface area (TPSA) is 17.1 Å². The first-order valence-corrected chi connectivity index (χ1v) is 6.07. The Balaban J connectivity index is 1.78. The zero-order valence-electron chi connectivity index (χ0n) is 8.93. The third-order valence-corrected chi connectivity index (χ3v) is 3.58. The van der Waals surface area contributed by atoms with Crippen molar-refractivity contribution in [2.75, 3.05) is 0 Å². The van der Waals surface area contributed by atoms with Crippen LogP contribution in [0, 0.1) is 5.92 Å². The summed E-state index contributed by atoms with van der Waals surface area (Å²) in [7, 11) is 0. The minimum absolute atomic E-state index is 0.395. The van der Waals surface area contributed by atoms with Gasteiger partial charge in [0, 0.05) is 6.42 Å². The molecule has 0 heterocycles. The molecule has 78 valence electrons. The summed E-state index contributed by atoms with van der Waals surface area (Å²) in [5.74, 6) is 1.12. The molecule has 0 saturated heterocycles. The minimum atomic E-state index is 0.395. The fourth-order valence-corrected chi connectivity index (χ4v) is 2.42. The van der Waals surface area contributed by atoms with Crippen molar-refractivity contribution in [3.05, 3.63) is 11.6 Å². The Morgan fingerprint density at radius 3 is 2.43 bits per heavy atom. The highest BCUT2D eigenvalue weighted by Crippen LogP contribution is 2.30. The van der Waals surface area contributed by atoms with Gasteiger partial charge < -0.3 is 0 Å². The second kappa shape index (κ2) is 4.77. The summed E-state index contributed by atoms with van der Waals surface area (Å²) in [6.07, 6.45) is 13.0. The average Bonchev–Trinajstić information content (AvgIpc) is 2.13. The van der Waals surface area contributed by atoms with Crippen LogP contribution < -0.4 is 0 Å². The predicted octanol–water partition coefficient (Wildman–Crippen LogP) is 3.64. The van der Waals surface area contributed by atoms with Gasteiger partial charge in [-0.15, -0.1) is 0 Å². The molecule has 0 bridgehead atoms. The van der Waals surface area contributed by atoms with Gasteiger partial charge in [0.1, 0.15) is 0 Å². The molecule has 2 saturated carbocycles. The third kappa shape index (κ3) is 2.70. The first kappa shape index (κ1) is 9.95. The zero-order valence-corrected chi connectivity index (χ0v) is 8.93. The molecular formula is C13H20O. The van der Waals surface area contributed by atoms with Crippen LogP contribution in [0.4, 0.5) is 0 Å². The third-order valence-electron chi connectivity index (χ3n) is 3.58. The van der Waals surface area contributed by atoms with Crippen LogP contribution >= 0.6 is 0 Å². The lowest BCUT2D eigenvalue weighted by Gasteiger charge is -2.24. The SMILES string of the molecule is O=C(C=C1CCCCC1)CC1CCC1. The lowest BCUT2D eigenvalue weighted by Crippen LogP contribution is -2.15. The van der Waals surface area contributed by atoms with Gasteiger partial charge >= 0.3 is 0 Å². The molecule has 0 amide bonds. The molecule has 2 rings (SSSR count). The molecule has 0 aromatic rings. The first-order chi connectivity index (χ1) is 6.84. The fraction of sp³-hybridized carbons (Fsp3) is 0.769. The van der Waals surface area contributed by atoms with Gasteiger partial charge in [0.25, 0.3) is 0 Å². The fourth-order valence-electron chi connectivity index (χ4n) is 2.42. The second-order valence-corrected chi connectivity index (χ2v) is 4.83. The average molecular weight is 192 g/mol. The van der Waals surface area contributed by atoms with Gasteiger partial charge in [0.2, 0.25) is 0 Å². The maximum atomic E-state index is 11.6. The lowest BCUT2D eigenvalue weighted by atomic mass is 9.81. The molecule has 0 atom stereocenters. The molecular weight excluding hydrogens is 172 g/mol. The quantitative estimate of drug-likeness (QED) is 0.624. The van der Waals surface area contributed by atoms with E-state index in [0.29, 0.717) is 5.78 Å². The molecule has 2 fully saturated rings. The second-order valence-electron chi connectivity index (χ2n) is 4.83. The number of ketones is 1. The van der Waals surface area contributed by atoms with Crippen LogP contribution in [0.25, 0.3) is 0 Å². The van der Waals surface area contributed by atoms with Crippen molar-refractivity contribution in [1.82, 2.24) is 0 Å². The smallest absolute Gasteiger partial charge is 0.155 e. The van der Waals surface area contributed by atoms with E-state index in [1.807, 2.05) is 6.08 Å². The van der Waals surface area contributed by atoms with Crippen LogP contribution in [0.1, 0.15) is 57.8 Å². The van der Waals surface area contributed by atoms with E-state index >= 15 is 0 Å². The Kier molecular flexibility index (Phi) is 3.39. The van der Waals surface area contributed by atoms with Crippen LogP contribution in [-0.2, 0) is 4.79 Å². The molecule has 0 radical (unpaired) electrons. The molecule has 1 nitrogen and oxygen atoms in total. The minimum Gasteiger partial charge on any atom is -0.295 e. The van der Waals surface area contributed by atoms with Gasteiger partial charge in [-0.2, -0.15) is 0 Å². The summed E-state index contributed by atoms with van der Waals surface area (Å²) in [5, 5.41) is 0. The van der Waals surface area contributed by atoms with Crippen molar-refractivity contribution in [3.63, 3.8) is 0 Å². The van der Waals surface area contributed by atoms with E-state index < -0.39 is 0 Å². The van der Waals surface area contributed by atoms with E-state index in [1.54, 1.807) is 0 Å². The maximum Gasteiger partial charge on any atom is 0.155 e. The molecule has 0 unspecified atom stereocenters. The van der Waals surface area contributed by atoms with Gasteiger partial charge in [0.15, 0.2) is 5.78 Å². The molecule has 0 aliphatic heterocycles. The van der Waals surface area contributed by atoms with Crippen LogP contribution in [-0.4, -0.2) is 5.78 Å². The van der Waals surface area contributed by atoms with Gasteiger partial charge in [-0.3, -0.25) is 4.79 Å². The van der Waals surface area contributed by atoms with Gasteiger partial charge in [-0.1, -0.05) is 31.3 Å². The Labute approximate surface area is 86.6 Å². The van der Waals surface area contributed by atoms with Crippen molar-refractivity contribution in [3.8, 4) is 0 Å². The van der Waals surface area contributed by atoms with E-state index in [2.05, 4.69) is 0 Å². The summed E-state index contributed by atoms with van der Waals surface area (Å²) in [4.78, 5) is 11.6. The zero-order chi connectivity index (χ0) is 9.80. The van der Waals surface area contributed by atoms with E-state index in [4.69, 9.17) is 0 Å². The maximum absolute atomic E-state index is 11.6. The van der Waals surface area contributed by atoms with Gasteiger partial charge in [-0.25, -0.2) is 0 Å². The van der Waals surface area contributed by atoms with E-state index in [1.165, 1.54) is 56.9 Å². The van der Waals surface area contributed by atoms with Crippen LogP contribution in [0.5, 0.6) is 0 Å². The van der Waals surface area contributed by atoms with E-state index in [9.17, 15) is 4.79 Å². The number of allylic oxidation sites excluding steroid dienone is 2. The Bertz CT molecular complexity index is 228. The molecule has 14 heavy (non-hydrogen) atoms. The summed E-state index contributed by atoms with van der Waals surface area (Å²) >= 11 is 0. The van der Waals surface area contributed by atoms with Gasteiger partial charge in [-0.05, 0) is 37.7 Å². The van der Waals surface area contributed by atoms with Crippen molar-refractivity contribution in [2.45, 2.75) is 57.8 Å². The number of hydrogen-bond donors (Lipinski definition) is 0. The summed E-state index contributed by atoms with van der Waals surface area (Å²) in [6, 6.07) is 0. The summed E-state index contributed by atoms with van der Waals surface area (Å²) in [5.41, 5.74) is 1.42. The summed E-state index contributed by atoms with van der Waals surface area (Å²) < 4.78 is 0. The number of carbonyl (C=O) groups is 1. The molecule has 1 heteroatoms. The molecule has 2 aliphatic carbocycles. The molecule has 0 aromatic heterocycles. The van der Waals surface area contributed by atoms with Crippen LogP contribution in [0.3, 0.4) is 0 Å². The van der Waals surface area contributed by atoms with Crippen molar-refractivity contribution in [1.29, 1.82) is 0 Å². The molecule has 2 aliphatic rings. The first-order valence-electron chi connectivity index (χ1n) is 6.07. The normalized spacial score (nSPS) is 23.0. The highest BCUT2D eigenvalue weighted by atomic mass is 16.1. The summed E-state index contributed by atoms with van der Waals surface area (Å²) in [6.45, 7) is 0. The number of carbonyl (C=O) groups excluding carboxylic acids is 1. The Hall–Kier alpha value is -0.590. The van der Waals surface area contributed by atoms with Crippen molar-refractivity contribution in [2.24, 2.45) is 5.92 Å². The Morgan fingerprint density at radius 2 is 1.86 bits per heavy atom. The highest BCUT2D eigenvalue weighted by Gasteiger charge is 2.19. The highest BCUT2D eigenvalue weighted by molar-refractivity contribution is 5.90. The largest absolute Gasteiger partial charge is 0.295 e.